The molecular weight excluding hydrogens is 178 g/mol. The number of hydrogen-bond donors (Lipinski definition) is 0. The highest BCUT2D eigenvalue weighted by atomic mass is 16.3. The molecule has 0 aliphatic carbocycles. The van der Waals surface area contributed by atoms with Crippen LogP contribution in [0, 0.1) is 0 Å². The molecule has 0 aromatic carbocycles. The number of hydrogen-bond acceptors (Lipinski definition) is 3. The van der Waals surface area contributed by atoms with Crippen LogP contribution in [0.4, 0.5) is 0 Å². The Morgan fingerprint density at radius 1 is 1.50 bits per heavy atom. The van der Waals surface area contributed by atoms with Gasteiger partial charge in [0.15, 0.2) is 5.78 Å². The Balaban J connectivity index is 2.67. The summed E-state index contributed by atoms with van der Waals surface area (Å²) >= 11 is 0. The maximum Gasteiger partial charge on any atom is 0.160 e. The van der Waals surface area contributed by atoms with Crippen molar-refractivity contribution in [2.45, 2.75) is 25.8 Å². The summed E-state index contributed by atoms with van der Waals surface area (Å²) in [5, 5.41) is 0. The Bertz CT molecular complexity index is 299. The molecule has 1 aromatic rings. The van der Waals surface area contributed by atoms with Crippen LogP contribution in [0.15, 0.2) is 22.8 Å². The fraction of sp³-hybridized carbons (Fsp3) is 0.545. The second-order valence-corrected chi connectivity index (χ2v) is 4.13. The van der Waals surface area contributed by atoms with Crippen LogP contribution in [0.5, 0.6) is 0 Å². The van der Waals surface area contributed by atoms with Gasteiger partial charge in [0.2, 0.25) is 0 Å². The van der Waals surface area contributed by atoms with Crippen LogP contribution in [0.3, 0.4) is 0 Å². The molecule has 3 nitrogen and oxygen atoms in total. The predicted octanol–water partition coefficient (Wildman–Crippen LogP) is 1.73. The molecule has 0 aliphatic rings. The molecule has 0 fully saturated rings. The van der Waals surface area contributed by atoms with E-state index in [1.807, 2.05) is 38.9 Å². The lowest BCUT2D eigenvalue weighted by atomic mass is 9.94. The number of Topliss-reactive ketones (excluding diaryl/α,β-unsaturated/α-hetero) is 1. The van der Waals surface area contributed by atoms with Crippen molar-refractivity contribution in [3.8, 4) is 0 Å². The Labute approximate surface area is 84.7 Å². The van der Waals surface area contributed by atoms with Crippen molar-refractivity contribution < 1.29 is 9.21 Å². The first-order valence-electron chi connectivity index (χ1n) is 4.67. The highest BCUT2D eigenvalue weighted by Gasteiger charge is 2.29. The number of ketones is 1. The van der Waals surface area contributed by atoms with Crippen LogP contribution in [0.25, 0.3) is 0 Å². The first-order chi connectivity index (χ1) is 6.44. The summed E-state index contributed by atoms with van der Waals surface area (Å²) in [4.78, 5) is 13.8. The number of carbonyl (C=O) groups excluding carboxylic acids is 1. The van der Waals surface area contributed by atoms with Gasteiger partial charge in [-0.25, -0.2) is 0 Å². The molecule has 78 valence electrons. The number of rotatable bonds is 4. The van der Waals surface area contributed by atoms with Gasteiger partial charge in [-0.15, -0.1) is 0 Å². The monoisotopic (exact) mass is 195 g/mol. The third-order valence-electron chi connectivity index (χ3n) is 2.72. The molecule has 1 rings (SSSR count). The van der Waals surface area contributed by atoms with E-state index < -0.39 is 5.54 Å². The quantitative estimate of drug-likeness (QED) is 0.733. The van der Waals surface area contributed by atoms with E-state index in [4.69, 9.17) is 4.42 Å². The van der Waals surface area contributed by atoms with Gasteiger partial charge >= 0.3 is 0 Å². The topological polar surface area (TPSA) is 33.5 Å². The summed E-state index contributed by atoms with van der Waals surface area (Å²) < 4.78 is 5.14. The lowest BCUT2D eigenvalue weighted by Crippen LogP contribution is -2.46. The summed E-state index contributed by atoms with van der Waals surface area (Å²) in [6.07, 6.45) is 1.95. The van der Waals surface area contributed by atoms with Crippen molar-refractivity contribution in [3.63, 3.8) is 0 Å². The van der Waals surface area contributed by atoms with Gasteiger partial charge in [-0.3, -0.25) is 9.69 Å². The Kier molecular flexibility index (Phi) is 3.11. The molecule has 0 N–H and O–H groups in total. The fourth-order valence-electron chi connectivity index (χ4n) is 1.04. The smallest absolute Gasteiger partial charge is 0.160 e. The highest BCUT2D eigenvalue weighted by Crippen LogP contribution is 2.15. The summed E-state index contributed by atoms with van der Waals surface area (Å²) in [5.74, 6) is 0.891. The van der Waals surface area contributed by atoms with Crippen molar-refractivity contribution in [1.82, 2.24) is 4.90 Å². The SMILES string of the molecule is CN(C)C(C)(C)C(=O)Cc1ccco1. The van der Waals surface area contributed by atoms with E-state index in [1.54, 1.807) is 12.3 Å². The maximum atomic E-state index is 11.9. The summed E-state index contributed by atoms with van der Waals surface area (Å²) in [6, 6.07) is 3.62. The fourth-order valence-corrected chi connectivity index (χ4v) is 1.04. The van der Waals surface area contributed by atoms with Crippen molar-refractivity contribution in [2.24, 2.45) is 0 Å². The predicted molar refractivity (Wildman–Crippen MR) is 55.2 cm³/mol. The maximum absolute atomic E-state index is 11.9. The molecule has 0 aliphatic heterocycles. The van der Waals surface area contributed by atoms with E-state index in [1.165, 1.54) is 0 Å². The molecule has 0 atom stereocenters. The minimum absolute atomic E-state index is 0.164. The summed E-state index contributed by atoms with van der Waals surface area (Å²) in [5.41, 5.74) is -0.438. The molecule has 3 heteroatoms. The molecular formula is C11H17NO2. The Morgan fingerprint density at radius 3 is 2.57 bits per heavy atom. The largest absolute Gasteiger partial charge is 0.469 e. The van der Waals surface area contributed by atoms with Gasteiger partial charge in [-0.05, 0) is 40.1 Å². The standard InChI is InChI=1S/C11H17NO2/c1-11(2,12(3)4)10(13)8-9-6-5-7-14-9/h5-7H,8H2,1-4H3. The molecule has 0 unspecified atom stereocenters. The van der Waals surface area contributed by atoms with Crippen LogP contribution >= 0.6 is 0 Å². The second kappa shape index (κ2) is 3.96. The number of furan rings is 1. The zero-order chi connectivity index (χ0) is 10.8. The number of likely N-dealkylation sites (N-methyl/N-ethyl adjacent to an activating group) is 1. The second-order valence-electron chi connectivity index (χ2n) is 4.13. The lowest BCUT2D eigenvalue weighted by Gasteiger charge is -2.30. The van der Waals surface area contributed by atoms with Gasteiger partial charge in [0.25, 0.3) is 0 Å². The Morgan fingerprint density at radius 2 is 2.14 bits per heavy atom. The van der Waals surface area contributed by atoms with Crippen LogP contribution in [0.1, 0.15) is 19.6 Å². The van der Waals surface area contributed by atoms with Gasteiger partial charge in [0, 0.05) is 0 Å². The van der Waals surface area contributed by atoms with Crippen molar-refractivity contribution >= 4 is 5.78 Å². The zero-order valence-electron chi connectivity index (χ0n) is 9.20. The van der Waals surface area contributed by atoms with E-state index in [-0.39, 0.29) is 5.78 Å². The van der Waals surface area contributed by atoms with Crippen molar-refractivity contribution in [2.75, 3.05) is 14.1 Å². The molecule has 0 amide bonds. The number of nitrogens with zero attached hydrogens (tertiary/aromatic N) is 1. The van der Waals surface area contributed by atoms with Crippen molar-refractivity contribution in [3.05, 3.63) is 24.2 Å². The molecule has 1 aromatic heterocycles. The average molecular weight is 195 g/mol. The van der Waals surface area contributed by atoms with Crippen LogP contribution < -0.4 is 0 Å². The average Bonchev–Trinajstić information content (AvgIpc) is 2.56. The van der Waals surface area contributed by atoms with E-state index in [0.29, 0.717) is 6.42 Å². The normalized spacial score (nSPS) is 12.1. The lowest BCUT2D eigenvalue weighted by molar-refractivity contribution is -0.127. The molecule has 0 bridgehead atoms. The Hall–Kier alpha value is -1.09. The third-order valence-corrected chi connectivity index (χ3v) is 2.72. The number of carbonyl (C=O) groups is 1. The van der Waals surface area contributed by atoms with Gasteiger partial charge in [-0.1, -0.05) is 0 Å². The molecule has 14 heavy (non-hydrogen) atoms. The van der Waals surface area contributed by atoms with E-state index in [2.05, 4.69) is 0 Å². The molecule has 0 spiro atoms. The summed E-state index contributed by atoms with van der Waals surface area (Å²) in [7, 11) is 3.81. The summed E-state index contributed by atoms with van der Waals surface area (Å²) in [6.45, 7) is 3.83. The van der Waals surface area contributed by atoms with Crippen molar-refractivity contribution in [1.29, 1.82) is 0 Å². The minimum atomic E-state index is -0.438. The van der Waals surface area contributed by atoms with Crippen LogP contribution in [-0.2, 0) is 11.2 Å². The van der Waals surface area contributed by atoms with E-state index in [0.717, 1.165) is 5.76 Å². The molecule has 0 saturated heterocycles. The van der Waals surface area contributed by atoms with Gasteiger partial charge < -0.3 is 4.42 Å². The zero-order valence-corrected chi connectivity index (χ0v) is 9.20. The highest BCUT2D eigenvalue weighted by molar-refractivity contribution is 5.88. The van der Waals surface area contributed by atoms with Gasteiger partial charge in [-0.2, -0.15) is 0 Å². The van der Waals surface area contributed by atoms with Crippen LogP contribution in [-0.4, -0.2) is 30.3 Å². The van der Waals surface area contributed by atoms with E-state index >= 15 is 0 Å². The van der Waals surface area contributed by atoms with Gasteiger partial charge in [0.05, 0.1) is 18.2 Å². The van der Waals surface area contributed by atoms with Crippen LogP contribution in [0.2, 0.25) is 0 Å². The third kappa shape index (κ3) is 2.23. The molecule has 1 heterocycles. The first-order valence-corrected chi connectivity index (χ1v) is 4.67. The minimum Gasteiger partial charge on any atom is -0.469 e. The molecule has 0 saturated carbocycles. The van der Waals surface area contributed by atoms with E-state index in [9.17, 15) is 4.79 Å². The first kappa shape index (κ1) is 11.0. The van der Waals surface area contributed by atoms with Gasteiger partial charge in [0.1, 0.15) is 5.76 Å². The molecule has 0 radical (unpaired) electrons.